The van der Waals surface area contributed by atoms with E-state index < -0.39 is 12.2 Å². The van der Waals surface area contributed by atoms with Crippen LogP contribution < -0.4 is 15.2 Å². The van der Waals surface area contributed by atoms with E-state index in [-0.39, 0.29) is 19.7 Å². The Labute approximate surface area is 187 Å². The van der Waals surface area contributed by atoms with Crippen LogP contribution in [0.5, 0.6) is 11.5 Å². The van der Waals surface area contributed by atoms with Crippen molar-refractivity contribution in [2.45, 2.75) is 19.1 Å². The lowest BCUT2D eigenvalue weighted by molar-refractivity contribution is 0.0654. The summed E-state index contributed by atoms with van der Waals surface area (Å²) >= 11 is 0. The molecule has 0 aromatic heterocycles. The summed E-state index contributed by atoms with van der Waals surface area (Å²) in [5.74, 6) is 0.961. The molecule has 0 fully saturated rings. The van der Waals surface area contributed by atoms with E-state index in [1.165, 1.54) is 4.90 Å². The smallest absolute Gasteiger partial charge is 0.407 e. The minimum absolute atomic E-state index is 0.0471. The second-order valence-electron chi connectivity index (χ2n) is 7.40. The first-order valence-corrected chi connectivity index (χ1v) is 10.4. The number of anilines is 1. The van der Waals surface area contributed by atoms with Crippen LogP contribution in [-0.2, 0) is 13.0 Å². The van der Waals surface area contributed by atoms with Crippen molar-refractivity contribution in [2.75, 3.05) is 25.4 Å². The summed E-state index contributed by atoms with van der Waals surface area (Å²) < 4.78 is 11.4. The first-order chi connectivity index (χ1) is 15.5. The van der Waals surface area contributed by atoms with Crippen molar-refractivity contribution >= 4 is 11.8 Å². The Morgan fingerprint density at radius 2 is 1.59 bits per heavy atom. The number of hydrogen-bond acceptors (Lipinski definition) is 5. The molecule has 7 heteroatoms. The topological polar surface area (TPSA) is 105 Å². The molecule has 32 heavy (non-hydrogen) atoms. The Morgan fingerprint density at radius 3 is 2.25 bits per heavy atom. The average Bonchev–Trinajstić information content (AvgIpc) is 2.81. The highest BCUT2D eigenvalue weighted by molar-refractivity contribution is 5.65. The van der Waals surface area contributed by atoms with Gasteiger partial charge in [0.05, 0.1) is 12.2 Å². The molecular weight excluding hydrogens is 408 g/mol. The maximum absolute atomic E-state index is 11.5. The summed E-state index contributed by atoms with van der Waals surface area (Å²) in [5.41, 5.74) is 8.52. The van der Waals surface area contributed by atoms with Crippen LogP contribution in [0.25, 0.3) is 0 Å². The molecule has 0 unspecified atom stereocenters. The zero-order chi connectivity index (χ0) is 22.8. The number of amides is 1. The van der Waals surface area contributed by atoms with Gasteiger partial charge in [0.1, 0.15) is 30.8 Å². The normalized spacial score (nSPS) is 11.5. The molecule has 1 atom stereocenters. The molecule has 0 spiro atoms. The highest BCUT2D eigenvalue weighted by Gasteiger charge is 2.17. The predicted octanol–water partition coefficient (Wildman–Crippen LogP) is 3.81. The average molecular weight is 437 g/mol. The maximum atomic E-state index is 11.5. The standard InChI is InChI=1S/C25H28N2O5/c26-23-12-11-22(15-24(23)32-17-20-9-5-2-6-10-20)31-18-21(28)16-27(25(29)30)14-13-19-7-3-1-4-8-19/h1-12,15,21,28H,13-14,16-18,26H2,(H,29,30)/t21-/m0/s1. The number of nitrogens with zero attached hydrogens (tertiary/aromatic N) is 1. The number of aliphatic hydroxyl groups is 1. The van der Waals surface area contributed by atoms with E-state index >= 15 is 0 Å². The molecule has 0 aliphatic carbocycles. The Balaban J connectivity index is 1.50. The van der Waals surface area contributed by atoms with E-state index in [4.69, 9.17) is 15.2 Å². The molecule has 7 nitrogen and oxygen atoms in total. The largest absolute Gasteiger partial charge is 0.491 e. The number of benzene rings is 3. The van der Waals surface area contributed by atoms with Crippen molar-refractivity contribution in [1.82, 2.24) is 4.90 Å². The number of ether oxygens (including phenoxy) is 2. The van der Waals surface area contributed by atoms with Gasteiger partial charge in [0.2, 0.25) is 0 Å². The fourth-order valence-electron chi connectivity index (χ4n) is 3.14. The van der Waals surface area contributed by atoms with Crippen LogP contribution in [0.1, 0.15) is 11.1 Å². The van der Waals surface area contributed by atoms with Gasteiger partial charge in [-0.2, -0.15) is 0 Å². The highest BCUT2D eigenvalue weighted by atomic mass is 16.5. The third-order valence-electron chi connectivity index (χ3n) is 4.88. The molecular formula is C25H28N2O5. The van der Waals surface area contributed by atoms with Crippen molar-refractivity contribution in [2.24, 2.45) is 0 Å². The van der Waals surface area contributed by atoms with Gasteiger partial charge in [-0.3, -0.25) is 0 Å². The number of carboxylic acid groups (broad SMARTS) is 1. The van der Waals surface area contributed by atoms with Crippen LogP contribution in [0.3, 0.4) is 0 Å². The van der Waals surface area contributed by atoms with E-state index in [0.29, 0.717) is 30.2 Å². The van der Waals surface area contributed by atoms with Gasteiger partial charge in [-0.05, 0) is 29.7 Å². The van der Waals surface area contributed by atoms with Gasteiger partial charge in [-0.15, -0.1) is 0 Å². The molecule has 0 radical (unpaired) electrons. The van der Waals surface area contributed by atoms with Crippen LogP contribution in [0, 0.1) is 0 Å². The number of hydrogen-bond donors (Lipinski definition) is 3. The molecule has 0 heterocycles. The fraction of sp³-hybridized carbons (Fsp3) is 0.240. The van der Waals surface area contributed by atoms with Gasteiger partial charge >= 0.3 is 6.09 Å². The SMILES string of the molecule is Nc1ccc(OC[C@@H](O)CN(CCc2ccccc2)C(=O)O)cc1OCc1ccccc1. The second-order valence-corrected chi connectivity index (χ2v) is 7.40. The molecule has 168 valence electrons. The monoisotopic (exact) mass is 436 g/mol. The lowest BCUT2D eigenvalue weighted by Crippen LogP contribution is -2.40. The van der Waals surface area contributed by atoms with Gasteiger partial charge in [-0.25, -0.2) is 4.79 Å². The van der Waals surface area contributed by atoms with E-state index in [2.05, 4.69) is 0 Å². The van der Waals surface area contributed by atoms with Crippen LogP contribution in [0.15, 0.2) is 78.9 Å². The predicted molar refractivity (Wildman–Crippen MR) is 123 cm³/mol. The zero-order valence-corrected chi connectivity index (χ0v) is 17.8. The zero-order valence-electron chi connectivity index (χ0n) is 17.8. The lowest BCUT2D eigenvalue weighted by Gasteiger charge is -2.22. The van der Waals surface area contributed by atoms with E-state index in [1.807, 2.05) is 60.7 Å². The van der Waals surface area contributed by atoms with Crippen LogP contribution in [-0.4, -0.2) is 47.0 Å². The van der Waals surface area contributed by atoms with E-state index in [0.717, 1.165) is 11.1 Å². The molecule has 3 rings (SSSR count). The lowest BCUT2D eigenvalue weighted by atomic mass is 10.1. The van der Waals surface area contributed by atoms with Crippen molar-refractivity contribution < 1.29 is 24.5 Å². The van der Waals surface area contributed by atoms with Crippen LogP contribution in [0.2, 0.25) is 0 Å². The fourth-order valence-corrected chi connectivity index (χ4v) is 3.14. The molecule has 0 aliphatic heterocycles. The number of nitrogen functional groups attached to an aromatic ring is 1. The first-order valence-electron chi connectivity index (χ1n) is 10.4. The van der Waals surface area contributed by atoms with Crippen molar-refractivity contribution in [1.29, 1.82) is 0 Å². The van der Waals surface area contributed by atoms with Gasteiger partial charge in [0, 0.05) is 12.6 Å². The van der Waals surface area contributed by atoms with Crippen LogP contribution >= 0.6 is 0 Å². The maximum Gasteiger partial charge on any atom is 0.407 e. The van der Waals surface area contributed by atoms with Gasteiger partial charge in [0.15, 0.2) is 0 Å². The Morgan fingerprint density at radius 1 is 0.938 bits per heavy atom. The van der Waals surface area contributed by atoms with Crippen molar-refractivity contribution in [3.8, 4) is 11.5 Å². The summed E-state index contributed by atoms with van der Waals surface area (Å²) in [7, 11) is 0. The number of nitrogens with two attached hydrogens (primary N) is 1. The quantitative estimate of drug-likeness (QED) is 0.395. The number of carbonyl (C=O) groups is 1. The third-order valence-corrected chi connectivity index (χ3v) is 4.88. The molecule has 0 saturated heterocycles. The van der Waals surface area contributed by atoms with Gasteiger partial charge in [0.25, 0.3) is 0 Å². The minimum atomic E-state index is -1.08. The summed E-state index contributed by atoms with van der Waals surface area (Å²) in [5, 5.41) is 19.8. The van der Waals surface area contributed by atoms with Gasteiger partial charge < -0.3 is 30.3 Å². The molecule has 3 aromatic rings. The summed E-state index contributed by atoms with van der Waals surface area (Å²) in [6.07, 6.45) is -1.49. The van der Waals surface area contributed by atoms with Gasteiger partial charge in [-0.1, -0.05) is 60.7 Å². The Hall–Kier alpha value is -3.71. The number of aliphatic hydroxyl groups excluding tert-OH is 1. The summed E-state index contributed by atoms with van der Waals surface area (Å²) in [6.45, 7) is 0.549. The first kappa shape index (κ1) is 23.0. The van der Waals surface area contributed by atoms with Crippen molar-refractivity contribution in [3.05, 3.63) is 90.0 Å². The minimum Gasteiger partial charge on any atom is -0.491 e. The molecule has 0 aliphatic rings. The highest BCUT2D eigenvalue weighted by Crippen LogP contribution is 2.28. The molecule has 1 amide bonds. The van der Waals surface area contributed by atoms with Crippen molar-refractivity contribution in [3.63, 3.8) is 0 Å². The molecule has 3 aromatic carbocycles. The molecule has 0 bridgehead atoms. The van der Waals surface area contributed by atoms with E-state index in [9.17, 15) is 15.0 Å². The number of rotatable bonds is 11. The van der Waals surface area contributed by atoms with Crippen LogP contribution in [0.4, 0.5) is 10.5 Å². The Bertz CT molecular complexity index is 982. The molecule has 0 saturated carbocycles. The molecule has 4 N–H and O–H groups in total. The Kier molecular flexibility index (Phi) is 8.34. The summed E-state index contributed by atoms with van der Waals surface area (Å²) in [6, 6.07) is 24.4. The third kappa shape index (κ3) is 7.21. The second kappa shape index (κ2) is 11.6. The summed E-state index contributed by atoms with van der Waals surface area (Å²) in [4.78, 5) is 12.7. The van der Waals surface area contributed by atoms with E-state index in [1.54, 1.807) is 18.2 Å².